The van der Waals surface area contributed by atoms with E-state index in [0.717, 1.165) is 76.6 Å². The minimum Gasteiger partial charge on any atom is -0.495 e. The molecule has 2 aromatic carbocycles. The summed E-state index contributed by atoms with van der Waals surface area (Å²) in [6.07, 6.45) is 8.09. The Morgan fingerprint density at radius 1 is 1.17 bits per heavy atom. The molecule has 5 aromatic rings. The third-order valence-corrected chi connectivity index (χ3v) is 9.78. The Morgan fingerprint density at radius 3 is 2.74 bits per heavy atom. The number of nitrogen functional groups attached to an aromatic ring is 1. The highest BCUT2D eigenvalue weighted by molar-refractivity contribution is 7.18. The lowest BCUT2D eigenvalue weighted by molar-refractivity contribution is 0.101. The van der Waals surface area contributed by atoms with E-state index >= 15 is 0 Å². The van der Waals surface area contributed by atoms with Crippen LogP contribution in [-0.2, 0) is 7.05 Å². The Labute approximate surface area is 271 Å². The van der Waals surface area contributed by atoms with Crippen LogP contribution in [0.4, 0.5) is 16.3 Å². The highest BCUT2D eigenvalue weighted by Crippen LogP contribution is 2.41. The van der Waals surface area contributed by atoms with Crippen LogP contribution in [0.5, 0.6) is 5.75 Å². The lowest BCUT2D eigenvalue weighted by Crippen LogP contribution is -2.38. The van der Waals surface area contributed by atoms with Gasteiger partial charge in [0.2, 0.25) is 0 Å². The number of nitrogens with one attached hydrogen (secondary N) is 2. The largest absolute Gasteiger partial charge is 0.495 e. The normalized spacial score (nSPS) is 14.3. The molecule has 238 valence electrons. The van der Waals surface area contributed by atoms with E-state index in [9.17, 15) is 9.59 Å². The minimum atomic E-state index is -0.951. The van der Waals surface area contributed by atoms with E-state index in [4.69, 9.17) is 15.6 Å². The van der Waals surface area contributed by atoms with E-state index in [1.54, 1.807) is 18.4 Å². The first-order valence-corrected chi connectivity index (χ1v) is 16.3. The summed E-state index contributed by atoms with van der Waals surface area (Å²) >= 11 is 1.63. The van der Waals surface area contributed by atoms with Gasteiger partial charge in [-0.05, 0) is 73.5 Å². The molecule has 3 aromatic heterocycles. The second kappa shape index (κ2) is 13.6. The summed E-state index contributed by atoms with van der Waals surface area (Å²) in [6.45, 7) is 3.46. The molecular weight excluding hydrogens is 600 g/mol. The fourth-order valence-electron chi connectivity index (χ4n) is 6.19. The Balaban J connectivity index is 1.14. The first-order valence-electron chi connectivity index (χ1n) is 15.4. The molecule has 1 aliphatic rings. The van der Waals surface area contributed by atoms with Crippen LogP contribution in [0.1, 0.15) is 35.3 Å². The number of nitrogens with zero attached hydrogens (tertiary/aromatic N) is 3. The number of carbonyl (C=O) groups is 2. The number of rotatable bonds is 10. The molecule has 5 N–H and O–H groups in total. The van der Waals surface area contributed by atoms with Crippen LogP contribution in [-0.4, -0.2) is 64.8 Å². The molecule has 11 heteroatoms. The molecule has 0 unspecified atom stereocenters. The second-order valence-corrected chi connectivity index (χ2v) is 12.5. The van der Waals surface area contributed by atoms with Gasteiger partial charge in [-0.3, -0.25) is 4.79 Å². The number of hydrogen-bond donors (Lipinski definition) is 4. The zero-order chi connectivity index (χ0) is 32.2. The molecule has 1 fully saturated rings. The lowest BCUT2D eigenvalue weighted by atomic mass is 9.97. The van der Waals surface area contributed by atoms with Gasteiger partial charge in [0.05, 0.1) is 12.8 Å². The Hall–Kier alpha value is -4.87. The zero-order valence-corrected chi connectivity index (χ0v) is 26.8. The van der Waals surface area contributed by atoms with E-state index in [1.165, 1.54) is 0 Å². The lowest BCUT2D eigenvalue weighted by Gasteiger charge is -2.31. The first kappa shape index (κ1) is 31.1. The van der Waals surface area contributed by atoms with Crippen LogP contribution in [0.25, 0.3) is 38.2 Å². The number of para-hydroxylation sites is 1. The third kappa shape index (κ3) is 6.56. The molecule has 0 radical (unpaired) electrons. The van der Waals surface area contributed by atoms with Crippen molar-refractivity contribution in [2.75, 3.05) is 44.3 Å². The molecule has 0 bridgehead atoms. The predicted molar refractivity (Wildman–Crippen MR) is 186 cm³/mol. The SMILES string of the molecule is COc1cc(-c2csc3c(C=CCCN4CCC(CNC(=O)O)CC4)cnc(N)c23)ccc1NC(=O)c1cc2ccccc2n1C. The fourth-order valence-corrected chi connectivity index (χ4v) is 7.27. The molecule has 6 rings (SSSR count). The monoisotopic (exact) mass is 638 g/mol. The van der Waals surface area contributed by atoms with Gasteiger partial charge in [-0.2, -0.15) is 0 Å². The van der Waals surface area contributed by atoms with Gasteiger partial charge < -0.3 is 35.7 Å². The van der Waals surface area contributed by atoms with Gasteiger partial charge in [-0.15, -0.1) is 11.3 Å². The number of pyridine rings is 1. The number of hydrogen-bond acceptors (Lipinski definition) is 7. The number of fused-ring (bicyclic) bond motifs is 2. The van der Waals surface area contributed by atoms with Crippen LogP contribution in [0.3, 0.4) is 0 Å². The van der Waals surface area contributed by atoms with Gasteiger partial charge in [0.1, 0.15) is 17.3 Å². The van der Waals surface area contributed by atoms with Crippen molar-refractivity contribution in [1.82, 2.24) is 19.8 Å². The number of amides is 2. The standard InChI is InChI=1S/C35H38N6O4S/c1-40-28-9-4-3-7-24(28)17-29(40)34(42)39-27-11-10-23(18-30(27)45-2)26-21-46-32-25(20-37-33(36)31(26)32)8-5-6-14-41-15-12-22(13-16-41)19-38-35(43)44/h3-5,7-11,17-18,20-22,38H,6,12-16,19H2,1-2H3,(H2,36,37)(H,39,42)(H,43,44). The molecule has 1 aliphatic heterocycles. The van der Waals surface area contributed by atoms with Crippen molar-refractivity contribution in [1.29, 1.82) is 0 Å². The highest BCUT2D eigenvalue weighted by Gasteiger charge is 2.20. The van der Waals surface area contributed by atoms with Gasteiger partial charge in [-0.25, -0.2) is 9.78 Å². The van der Waals surface area contributed by atoms with Gasteiger partial charge >= 0.3 is 6.09 Å². The number of methoxy groups -OCH3 is 1. The maximum absolute atomic E-state index is 13.3. The number of carbonyl (C=O) groups excluding carboxylic acids is 1. The number of piperidine rings is 1. The quantitative estimate of drug-likeness (QED) is 0.134. The van der Waals surface area contributed by atoms with Crippen molar-refractivity contribution in [2.45, 2.75) is 19.3 Å². The van der Waals surface area contributed by atoms with E-state index in [2.05, 4.69) is 38.0 Å². The smallest absolute Gasteiger partial charge is 0.404 e. The van der Waals surface area contributed by atoms with Crippen molar-refractivity contribution in [3.63, 3.8) is 0 Å². The van der Waals surface area contributed by atoms with Crippen molar-refractivity contribution in [2.24, 2.45) is 13.0 Å². The number of anilines is 2. The number of ether oxygens (including phenoxy) is 1. The summed E-state index contributed by atoms with van der Waals surface area (Å²) in [5, 5.41) is 18.4. The maximum atomic E-state index is 13.3. The van der Waals surface area contributed by atoms with Crippen LogP contribution in [0, 0.1) is 5.92 Å². The number of nitrogens with two attached hydrogens (primary N) is 1. The van der Waals surface area contributed by atoms with E-state index in [0.29, 0.717) is 35.4 Å². The molecular formula is C35H38N6O4S. The van der Waals surface area contributed by atoms with Crippen LogP contribution in [0.2, 0.25) is 0 Å². The highest BCUT2D eigenvalue weighted by atomic mass is 32.1. The summed E-state index contributed by atoms with van der Waals surface area (Å²) in [4.78, 5) is 31.0. The topological polar surface area (TPSA) is 135 Å². The van der Waals surface area contributed by atoms with Crippen molar-refractivity contribution in [3.05, 3.63) is 77.4 Å². The molecule has 46 heavy (non-hydrogen) atoms. The Morgan fingerprint density at radius 2 is 1.98 bits per heavy atom. The molecule has 1 saturated heterocycles. The predicted octanol–water partition coefficient (Wildman–Crippen LogP) is 6.68. The van der Waals surface area contributed by atoms with E-state index in [1.807, 2.05) is 66.3 Å². The van der Waals surface area contributed by atoms with Crippen LogP contribution < -0.4 is 21.1 Å². The minimum absolute atomic E-state index is 0.215. The molecule has 4 heterocycles. The summed E-state index contributed by atoms with van der Waals surface area (Å²) in [5.41, 5.74) is 11.5. The number of aryl methyl sites for hydroxylation is 1. The van der Waals surface area contributed by atoms with Crippen molar-refractivity contribution < 1.29 is 19.4 Å². The number of thiophene rings is 1. The number of carboxylic acid groups (broad SMARTS) is 1. The van der Waals surface area contributed by atoms with E-state index in [-0.39, 0.29) is 5.91 Å². The molecule has 0 saturated carbocycles. The average molecular weight is 639 g/mol. The molecule has 0 spiro atoms. The number of benzene rings is 2. The van der Waals surface area contributed by atoms with Gasteiger partial charge in [0.15, 0.2) is 0 Å². The van der Waals surface area contributed by atoms with Gasteiger partial charge in [0.25, 0.3) is 5.91 Å². The Kier molecular flexibility index (Phi) is 9.23. The first-order chi connectivity index (χ1) is 22.3. The van der Waals surface area contributed by atoms with Gasteiger partial charge in [0, 0.05) is 58.5 Å². The summed E-state index contributed by atoms with van der Waals surface area (Å²) in [6, 6.07) is 15.5. The maximum Gasteiger partial charge on any atom is 0.404 e. The third-order valence-electron chi connectivity index (χ3n) is 8.76. The van der Waals surface area contributed by atoms with Crippen LogP contribution in [0.15, 0.2) is 66.2 Å². The number of likely N-dealkylation sites (tertiary alicyclic amines) is 1. The van der Waals surface area contributed by atoms with Crippen molar-refractivity contribution in [3.8, 4) is 16.9 Å². The summed E-state index contributed by atoms with van der Waals surface area (Å²) in [7, 11) is 3.48. The Bertz CT molecular complexity index is 1920. The molecule has 0 atom stereocenters. The molecule has 2 amide bonds. The van der Waals surface area contributed by atoms with E-state index < -0.39 is 6.09 Å². The summed E-state index contributed by atoms with van der Waals surface area (Å²) in [5.74, 6) is 1.22. The second-order valence-electron chi connectivity index (χ2n) is 11.6. The zero-order valence-electron chi connectivity index (χ0n) is 26.0. The summed E-state index contributed by atoms with van der Waals surface area (Å²) < 4.78 is 8.67. The molecule has 10 nitrogen and oxygen atoms in total. The molecule has 0 aliphatic carbocycles. The average Bonchev–Trinajstić information content (AvgIpc) is 3.66. The van der Waals surface area contributed by atoms with Crippen LogP contribution >= 0.6 is 11.3 Å². The number of aromatic nitrogens is 2. The van der Waals surface area contributed by atoms with Gasteiger partial charge in [-0.1, -0.05) is 36.4 Å². The van der Waals surface area contributed by atoms with Crippen molar-refractivity contribution >= 4 is 61.9 Å². The fraction of sp³-hybridized carbons (Fsp3) is 0.286.